The number of nitrogens with zero attached hydrogens (tertiary/aromatic N) is 1. The quantitative estimate of drug-likeness (QED) is 0.601. The van der Waals surface area contributed by atoms with Crippen LogP contribution in [-0.2, 0) is 0 Å². The van der Waals surface area contributed by atoms with Gasteiger partial charge in [-0.25, -0.2) is 4.98 Å². The average molecular weight is 253 g/mol. The molecular weight excluding hydrogens is 238 g/mol. The van der Waals surface area contributed by atoms with Crippen LogP contribution < -0.4 is 0 Å². The van der Waals surface area contributed by atoms with Gasteiger partial charge in [-0.3, -0.25) is 0 Å². The van der Waals surface area contributed by atoms with Crippen LogP contribution in [-0.4, -0.2) is 4.98 Å². The van der Waals surface area contributed by atoms with E-state index in [4.69, 9.17) is 4.98 Å². The van der Waals surface area contributed by atoms with Crippen LogP contribution in [0, 0.1) is 20.8 Å². The van der Waals surface area contributed by atoms with Crippen molar-refractivity contribution >= 4 is 21.6 Å². The van der Waals surface area contributed by atoms with Crippen LogP contribution in [0.4, 0.5) is 0 Å². The molecule has 0 radical (unpaired) electrons. The highest BCUT2D eigenvalue weighted by atomic mass is 32.1. The molecule has 3 aromatic rings. The molecule has 1 aromatic heterocycles. The molecular formula is C16H15NS. The number of rotatable bonds is 1. The Morgan fingerprint density at radius 3 is 2.50 bits per heavy atom. The van der Waals surface area contributed by atoms with E-state index in [1.165, 1.54) is 27.0 Å². The van der Waals surface area contributed by atoms with E-state index in [0.717, 1.165) is 10.5 Å². The first kappa shape index (κ1) is 11.4. The molecule has 18 heavy (non-hydrogen) atoms. The molecule has 0 unspecified atom stereocenters. The zero-order valence-electron chi connectivity index (χ0n) is 10.8. The van der Waals surface area contributed by atoms with Crippen molar-refractivity contribution < 1.29 is 0 Å². The van der Waals surface area contributed by atoms with Gasteiger partial charge in [0.05, 0.1) is 10.2 Å². The van der Waals surface area contributed by atoms with Crippen LogP contribution in [0.1, 0.15) is 16.7 Å². The molecule has 3 rings (SSSR count). The second kappa shape index (κ2) is 4.21. The van der Waals surface area contributed by atoms with Gasteiger partial charge in [0.2, 0.25) is 0 Å². The molecule has 90 valence electrons. The summed E-state index contributed by atoms with van der Waals surface area (Å²) >= 11 is 1.77. The number of thiazole rings is 1. The highest BCUT2D eigenvalue weighted by Crippen LogP contribution is 2.31. The van der Waals surface area contributed by atoms with E-state index in [1.54, 1.807) is 11.3 Å². The molecule has 2 aromatic carbocycles. The third kappa shape index (κ3) is 1.93. The maximum Gasteiger partial charge on any atom is 0.124 e. The molecule has 0 aliphatic heterocycles. The summed E-state index contributed by atoms with van der Waals surface area (Å²) in [6.07, 6.45) is 0. The van der Waals surface area contributed by atoms with Gasteiger partial charge >= 0.3 is 0 Å². The molecule has 0 saturated carbocycles. The fraction of sp³-hybridized carbons (Fsp3) is 0.188. The van der Waals surface area contributed by atoms with E-state index in [2.05, 4.69) is 57.2 Å². The second-order valence-electron chi connectivity index (χ2n) is 4.79. The molecule has 0 fully saturated rings. The Balaban J connectivity index is 2.16. The van der Waals surface area contributed by atoms with E-state index >= 15 is 0 Å². The van der Waals surface area contributed by atoms with Crippen molar-refractivity contribution in [3.63, 3.8) is 0 Å². The zero-order chi connectivity index (χ0) is 12.7. The van der Waals surface area contributed by atoms with E-state index in [-0.39, 0.29) is 0 Å². The zero-order valence-corrected chi connectivity index (χ0v) is 11.6. The van der Waals surface area contributed by atoms with Crippen LogP contribution >= 0.6 is 11.3 Å². The minimum Gasteiger partial charge on any atom is -0.236 e. The van der Waals surface area contributed by atoms with Crippen molar-refractivity contribution in [1.29, 1.82) is 0 Å². The smallest absolute Gasteiger partial charge is 0.124 e. The highest BCUT2D eigenvalue weighted by Gasteiger charge is 2.07. The Labute approximate surface area is 111 Å². The van der Waals surface area contributed by atoms with Gasteiger partial charge in [0.1, 0.15) is 5.01 Å². The van der Waals surface area contributed by atoms with Crippen LogP contribution in [0.25, 0.3) is 20.8 Å². The maximum absolute atomic E-state index is 4.71. The molecule has 1 heterocycles. The number of fused-ring (bicyclic) bond motifs is 1. The minimum absolute atomic E-state index is 1.10. The number of aromatic nitrogens is 1. The lowest BCUT2D eigenvalue weighted by Crippen LogP contribution is -1.82. The SMILES string of the molecule is Cc1ccc2nc(-c3ccc(C)c(C)c3)sc2c1. The first-order chi connectivity index (χ1) is 8.63. The molecule has 0 aliphatic carbocycles. The van der Waals surface area contributed by atoms with Crippen molar-refractivity contribution in [2.45, 2.75) is 20.8 Å². The fourth-order valence-electron chi connectivity index (χ4n) is 2.03. The highest BCUT2D eigenvalue weighted by molar-refractivity contribution is 7.21. The minimum atomic E-state index is 1.10. The number of hydrogen-bond donors (Lipinski definition) is 0. The summed E-state index contributed by atoms with van der Waals surface area (Å²) < 4.78 is 1.27. The Morgan fingerprint density at radius 2 is 1.72 bits per heavy atom. The normalized spacial score (nSPS) is 11.1. The summed E-state index contributed by atoms with van der Waals surface area (Å²) in [5.74, 6) is 0. The van der Waals surface area contributed by atoms with Gasteiger partial charge in [-0.2, -0.15) is 0 Å². The molecule has 0 atom stereocenters. The molecule has 0 amide bonds. The van der Waals surface area contributed by atoms with Crippen molar-refractivity contribution in [1.82, 2.24) is 4.98 Å². The van der Waals surface area contributed by atoms with Gasteiger partial charge in [-0.1, -0.05) is 18.2 Å². The summed E-state index contributed by atoms with van der Waals surface area (Å²) in [5, 5.41) is 1.11. The fourth-order valence-corrected chi connectivity index (χ4v) is 3.09. The predicted molar refractivity (Wildman–Crippen MR) is 79.3 cm³/mol. The Kier molecular flexibility index (Phi) is 2.67. The van der Waals surface area contributed by atoms with E-state index < -0.39 is 0 Å². The maximum atomic E-state index is 4.71. The molecule has 2 heteroatoms. The predicted octanol–water partition coefficient (Wildman–Crippen LogP) is 4.89. The third-order valence-corrected chi connectivity index (χ3v) is 4.37. The van der Waals surface area contributed by atoms with E-state index in [1.807, 2.05) is 0 Å². The first-order valence-corrected chi connectivity index (χ1v) is 6.90. The van der Waals surface area contributed by atoms with Crippen molar-refractivity contribution in [3.05, 3.63) is 53.1 Å². The summed E-state index contributed by atoms with van der Waals surface area (Å²) in [6, 6.07) is 13.0. The summed E-state index contributed by atoms with van der Waals surface area (Å²) in [5.41, 5.74) is 6.26. The van der Waals surface area contributed by atoms with Gasteiger partial charge in [0.15, 0.2) is 0 Å². The first-order valence-electron chi connectivity index (χ1n) is 6.08. The number of aryl methyl sites for hydroxylation is 3. The Bertz CT molecular complexity index is 725. The van der Waals surface area contributed by atoms with E-state index in [0.29, 0.717) is 0 Å². The van der Waals surface area contributed by atoms with Crippen molar-refractivity contribution in [2.24, 2.45) is 0 Å². The summed E-state index contributed by atoms with van der Waals surface area (Å²) in [7, 11) is 0. The van der Waals surface area contributed by atoms with Gasteiger partial charge in [-0.15, -0.1) is 11.3 Å². The molecule has 0 bridgehead atoms. The lowest BCUT2D eigenvalue weighted by atomic mass is 10.1. The Morgan fingerprint density at radius 1 is 0.889 bits per heavy atom. The van der Waals surface area contributed by atoms with Crippen molar-refractivity contribution in [3.8, 4) is 10.6 Å². The van der Waals surface area contributed by atoms with Crippen LogP contribution in [0.5, 0.6) is 0 Å². The molecule has 0 saturated heterocycles. The monoisotopic (exact) mass is 253 g/mol. The van der Waals surface area contributed by atoms with Gasteiger partial charge < -0.3 is 0 Å². The van der Waals surface area contributed by atoms with Gasteiger partial charge in [-0.05, 0) is 55.7 Å². The third-order valence-electron chi connectivity index (χ3n) is 3.30. The molecule has 1 nitrogen and oxygen atoms in total. The summed E-state index contributed by atoms with van der Waals surface area (Å²) in [4.78, 5) is 4.71. The standard InChI is InChI=1S/C16H15NS/c1-10-4-7-14-15(8-10)18-16(17-14)13-6-5-11(2)12(3)9-13/h4-9H,1-3H3. The second-order valence-corrected chi connectivity index (χ2v) is 5.82. The molecule has 0 spiro atoms. The lowest BCUT2D eigenvalue weighted by Gasteiger charge is -2.01. The average Bonchev–Trinajstić information content (AvgIpc) is 2.75. The van der Waals surface area contributed by atoms with Crippen LogP contribution in [0.3, 0.4) is 0 Å². The van der Waals surface area contributed by atoms with Crippen LogP contribution in [0.2, 0.25) is 0 Å². The van der Waals surface area contributed by atoms with Crippen molar-refractivity contribution in [2.75, 3.05) is 0 Å². The largest absolute Gasteiger partial charge is 0.236 e. The van der Waals surface area contributed by atoms with Gasteiger partial charge in [0, 0.05) is 5.56 Å². The molecule has 0 N–H and O–H groups in total. The van der Waals surface area contributed by atoms with Crippen LogP contribution in [0.15, 0.2) is 36.4 Å². The van der Waals surface area contributed by atoms with E-state index in [9.17, 15) is 0 Å². The number of benzene rings is 2. The Hall–Kier alpha value is -1.67. The van der Waals surface area contributed by atoms with Gasteiger partial charge in [0.25, 0.3) is 0 Å². The topological polar surface area (TPSA) is 12.9 Å². The molecule has 0 aliphatic rings. The lowest BCUT2D eigenvalue weighted by molar-refractivity contribution is 1.33. The number of hydrogen-bond acceptors (Lipinski definition) is 2. The summed E-state index contributed by atoms with van der Waals surface area (Å²) in [6.45, 7) is 6.41.